The van der Waals surface area contributed by atoms with Crippen LogP contribution >= 0.6 is 0 Å². The monoisotopic (exact) mass is 299 g/mol. The molecule has 0 unspecified atom stereocenters. The van der Waals surface area contributed by atoms with Gasteiger partial charge in [-0.15, -0.1) is 0 Å². The van der Waals surface area contributed by atoms with Gasteiger partial charge in [-0.3, -0.25) is 4.90 Å². The van der Waals surface area contributed by atoms with Crippen LogP contribution in [0, 0.1) is 0 Å². The Hall–Kier alpha value is -1.99. The lowest BCUT2D eigenvalue weighted by atomic mass is 9.98. The molecule has 21 heavy (non-hydrogen) atoms. The minimum atomic E-state index is -0.955. The van der Waals surface area contributed by atoms with E-state index in [0.29, 0.717) is 19.4 Å². The Balaban J connectivity index is 2.78. The van der Waals surface area contributed by atoms with Crippen LogP contribution in [-0.2, 0) is 14.3 Å². The summed E-state index contributed by atoms with van der Waals surface area (Å²) >= 11 is 0. The zero-order valence-electron chi connectivity index (χ0n) is 12.5. The Kier molecular flexibility index (Phi) is 5.80. The maximum atomic E-state index is 12.2. The third-order valence-corrected chi connectivity index (χ3v) is 3.23. The van der Waals surface area contributed by atoms with Gasteiger partial charge in [0, 0.05) is 17.5 Å². The molecule has 0 aromatic carbocycles. The van der Waals surface area contributed by atoms with Gasteiger partial charge in [0.15, 0.2) is 0 Å². The molecule has 2 atom stereocenters. The van der Waals surface area contributed by atoms with Gasteiger partial charge < -0.3 is 15.2 Å². The van der Waals surface area contributed by atoms with Crippen LogP contribution in [0.5, 0.6) is 0 Å². The number of methoxy groups -OCH3 is 1. The predicted molar refractivity (Wildman–Crippen MR) is 74.3 cm³/mol. The smallest absolute Gasteiger partial charge is 0.411 e. The standard InChI is InChI=1S/C12H21N5O4/c1-12(2,7-15-16-14)21-11(19)17-5-4-8(13)6-9(17)10(18)20-3/h8-9H,4-7,13H2,1-3H3/t8-,9+/m0/s1. The lowest BCUT2D eigenvalue weighted by Crippen LogP contribution is -2.54. The average Bonchev–Trinajstić information content (AvgIpc) is 2.43. The molecule has 118 valence electrons. The number of nitrogens with two attached hydrogens (primary N) is 1. The molecule has 0 bridgehead atoms. The number of hydrogen-bond donors (Lipinski definition) is 1. The van der Waals surface area contributed by atoms with E-state index in [1.165, 1.54) is 12.0 Å². The number of carbonyl (C=O) groups excluding carboxylic acids is 2. The lowest BCUT2D eigenvalue weighted by molar-refractivity contribution is -0.148. The van der Waals surface area contributed by atoms with Gasteiger partial charge in [0.1, 0.15) is 11.6 Å². The van der Waals surface area contributed by atoms with Crippen LogP contribution in [0.4, 0.5) is 4.79 Å². The molecule has 1 aliphatic rings. The van der Waals surface area contributed by atoms with Gasteiger partial charge in [0.25, 0.3) is 0 Å². The second kappa shape index (κ2) is 7.14. The number of ether oxygens (including phenoxy) is 2. The molecule has 9 heteroatoms. The van der Waals surface area contributed by atoms with E-state index in [-0.39, 0.29) is 12.6 Å². The first-order chi connectivity index (χ1) is 9.80. The number of nitrogens with zero attached hydrogens (tertiary/aromatic N) is 4. The van der Waals surface area contributed by atoms with Crippen molar-refractivity contribution in [1.82, 2.24) is 4.90 Å². The number of esters is 1. The van der Waals surface area contributed by atoms with E-state index in [9.17, 15) is 9.59 Å². The maximum Gasteiger partial charge on any atom is 0.411 e. The summed E-state index contributed by atoms with van der Waals surface area (Å²) in [7, 11) is 1.26. The predicted octanol–water partition coefficient (Wildman–Crippen LogP) is 1.18. The van der Waals surface area contributed by atoms with Crippen molar-refractivity contribution >= 4 is 12.1 Å². The van der Waals surface area contributed by atoms with Crippen molar-refractivity contribution in [3.8, 4) is 0 Å². The van der Waals surface area contributed by atoms with Crippen molar-refractivity contribution in [1.29, 1.82) is 0 Å². The normalized spacial score (nSPS) is 22.2. The second-order valence-electron chi connectivity index (χ2n) is 5.53. The van der Waals surface area contributed by atoms with Gasteiger partial charge in [-0.05, 0) is 32.2 Å². The van der Waals surface area contributed by atoms with Crippen molar-refractivity contribution in [3.63, 3.8) is 0 Å². The van der Waals surface area contributed by atoms with Crippen molar-refractivity contribution in [2.45, 2.75) is 44.4 Å². The molecule has 0 aliphatic carbocycles. The molecule has 1 aliphatic heterocycles. The highest BCUT2D eigenvalue weighted by atomic mass is 16.6. The fourth-order valence-electron chi connectivity index (χ4n) is 2.10. The molecule has 1 saturated heterocycles. The van der Waals surface area contributed by atoms with Crippen molar-refractivity contribution in [3.05, 3.63) is 10.4 Å². The number of piperidine rings is 1. The Morgan fingerprint density at radius 3 is 2.76 bits per heavy atom. The molecule has 1 heterocycles. The Morgan fingerprint density at radius 2 is 2.19 bits per heavy atom. The average molecular weight is 299 g/mol. The van der Waals surface area contributed by atoms with Crippen molar-refractivity contribution < 1.29 is 19.1 Å². The van der Waals surface area contributed by atoms with Crippen molar-refractivity contribution in [2.75, 3.05) is 20.2 Å². The van der Waals surface area contributed by atoms with Gasteiger partial charge in [-0.25, -0.2) is 9.59 Å². The minimum Gasteiger partial charge on any atom is -0.467 e. The van der Waals surface area contributed by atoms with E-state index in [4.69, 9.17) is 20.7 Å². The van der Waals surface area contributed by atoms with Crippen molar-refractivity contribution in [2.24, 2.45) is 10.8 Å². The fraction of sp³-hybridized carbons (Fsp3) is 0.833. The molecule has 1 rings (SSSR count). The molecule has 0 aromatic heterocycles. The van der Waals surface area contributed by atoms with Crippen LogP contribution < -0.4 is 5.73 Å². The van der Waals surface area contributed by atoms with Gasteiger partial charge in [-0.1, -0.05) is 5.11 Å². The Bertz CT molecular complexity index is 447. The highest BCUT2D eigenvalue weighted by Crippen LogP contribution is 2.21. The molecule has 9 nitrogen and oxygen atoms in total. The first-order valence-electron chi connectivity index (χ1n) is 6.64. The van der Waals surface area contributed by atoms with Gasteiger partial charge in [0.05, 0.1) is 13.7 Å². The van der Waals surface area contributed by atoms with E-state index in [0.717, 1.165) is 0 Å². The summed E-state index contributed by atoms with van der Waals surface area (Å²) < 4.78 is 10.0. The number of carbonyl (C=O) groups is 2. The summed E-state index contributed by atoms with van der Waals surface area (Å²) in [5, 5.41) is 3.40. The molecule has 0 aromatic rings. The first-order valence-corrected chi connectivity index (χ1v) is 6.64. The minimum absolute atomic E-state index is 0.00544. The number of hydrogen-bond acceptors (Lipinski definition) is 6. The molecule has 0 radical (unpaired) electrons. The zero-order valence-corrected chi connectivity index (χ0v) is 12.5. The summed E-state index contributed by atoms with van der Waals surface area (Å²) in [5.74, 6) is -0.519. The molecule has 2 N–H and O–H groups in total. The Morgan fingerprint density at radius 1 is 1.52 bits per heavy atom. The molecule has 0 spiro atoms. The van der Waals surface area contributed by atoms with E-state index < -0.39 is 23.7 Å². The highest BCUT2D eigenvalue weighted by molar-refractivity contribution is 5.81. The fourth-order valence-corrected chi connectivity index (χ4v) is 2.10. The molecule has 1 amide bonds. The third kappa shape index (κ3) is 4.80. The number of rotatable bonds is 4. The zero-order chi connectivity index (χ0) is 16.0. The molecule has 1 fully saturated rings. The van der Waals surface area contributed by atoms with Crippen LogP contribution in [0.25, 0.3) is 10.4 Å². The Labute approximate surface area is 123 Å². The van der Waals surface area contributed by atoms with Crippen LogP contribution in [0.1, 0.15) is 26.7 Å². The largest absolute Gasteiger partial charge is 0.467 e. The molecular weight excluding hydrogens is 278 g/mol. The SMILES string of the molecule is COC(=O)[C@H]1C[C@@H](N)CCN1C(=O)OC(C)(C)CN=[N+]=[N-]. The molecular formula is C12H21N5O4. The summed E-state index contributed by atoms with van der Waals surface area (Å²) in [6, 6.07) is -0.907. The number of likely N-dealkylation sites (tertiary alicyclic amines) is 1. The first kappa shape index (κ1) is 17.1. The lowest BCUT2D eigenvalue weighted by Gasteiger charge is -2.37. The number of amides is 1. The van der Waals surface area contributed by atoms with Gasteiger partial charge in [0.2, 0.25) is 0 Å². The maximum absolute atomic E-state index is 12.2. The van der Waals surface area contributed by atoms with Gasteiger partial charge >= 0.3 is 12.1 Å². The van der Waals surface area contributed by atoms with E-state index in [2.05, 4.69) is 10.0 Å². The topological polar surface area (TPSA) is 131 Å². The summed E-state index contributed by atoms with van der Waals surface area (Å²) in [4.78, 5) is 28.0. The summed E-state index contributed by atoms with van der Waals surface area (Å²) in [6.45, 7) is 3.58. The van der Waals surface area contributed by atoms with E-state index in [1.807, 2.05) is 0 Å². The van der Waals surface area contributed by atoms with Crippen LogP contribution in [0.15, 0.2) is 5.11 Å². The van der Waals surface area contributed by atoms with Crippen LogP contribution in [-0.4, -0.2) is 54.8 Å². The molecule has 0 saturated carbocycles. The summed E-state index contributed by atoms with van der Waals surface area (Å²) in [5.41, 5.74) is 13.2. The second-order valence-corrected chi connectivity index (χ2v) is 5.53. The number of azide groups is 1. The van der Waals surface area contributed by atoms with E-state index >= 15 is 0 Å². The van der Waals surface area contributed by atoms with E-state index in [1.54, 1.807) is 13.8 Å². The quantitative estimate of drug-likeness (QED) is 0.360. The highest BCUT2D eigenvalue weighted by Gasteiger charge is 2.38. The third-order valence-electron chi connectivity index (χ3n) is 3.23. The van der Waals surface area contributed by atoms with Gasteiger partial charge in [-0.2, -0.15) is 0 Å². The van der Waals surface area contributed by atoms with Crippen LogP contribution in [0.2, 0.25) is 0 Å². The van der Waals surface area contributed by atoms with Crippen LogP contribution in [0.3, 0.4) is 0 Å². The summed E-state index contributed by atoms with van der Waals surface area (Å²) in [6.07, 6.45) is 0.271.